The van der Waals surface area contributed by atoms with Gasteiger partial charge in [-0.05, 0) is 37.1 Å². The maximum atomic E-state index is 12.8. The van der Waals surface area contributed by atoms with Crippen LogP contribution >= 0.6 is 11.3 Å². The summed E-state index contributed by atoms with van der Waals surface area (Å²) >= 11 is 1.21. The topological polar surface area (TPSA) is 90.0 Å². The molecule has 3 heterocycles. The summed E-state index contributed by atoms with van der Waals surface area (Å²) in [6.45, 7) is 7.78. The number of thiophene rings is 1. The highest BCUT2D eigenvalue weighted by Gasteiger charge is 2.48. The van der Waals surface area contributed by atoms with E-state index in [-0.39, 0.29) is 18.6 Å². The van der Waals surface area contributed by atoms with Crippen molar-refractivity contribution in [3.8, 4) is 0 Å². The highest BCUT2D eigenvalue weighted by Crippen LogP contribution is 2.26. The number of carbonyl (C=O) groups is 2. The predicted molar refractivity (Wildman–Crippen MR) is 107 cm³/mol. The number of rotatable bonds is 7. The molecular weight excluding hydrogens is 400 g/mol. The van der Waals surface area contributed by atoms with Crippen LogP contribution in [0.5, 0.6) is 0 Å². The molecule has 2 aliphatic rings. The van der Waals surface area contributed by atoms with Crippen LogP contribution in [-0.4, -0.2) is 72.8 Å². The van der Waals surface area contributed by atoms with Gasteiger partial charge in [0.25, 0.3) is 15.9 Å². The van der Waals surface area contributed by atoms with Gasteiger partial charge in [0.15, 0.2) is 0 Å². The highest BCUT2D eigenvalue weighted by atomic mass is 32.2. The number of amides is 3. The van der Waals surface area contributed by atoms with Gasteiger partial charge in [-0.1, -0.05) is 19.9 Å². The number of nitrogens with one attached hydrogen (secondary N) is 1. The standard InChI is InChI=1S/C18H28N4O4S2/c1-14(2)6-7-18(3)16(23)22(17(24)19-18)13-20-8-10-21(11-9-20)28(25,26)15-5-4-12-27-15/h4-5,12,14H,6-11,13H2,1-3H3,(H,19,24)/t18-/m1/s1. The lowest BCUT2D eigenvalue weighted by Crippen LogP contribution is -2.52. The third kappa shape index (κ3) is 4.24. The van der Waals surface area contributed by atoms with Crippen LogP contribution in [0.15, 0.2) is 21.7 Å². The molecule has 10 heteroatoms. The molecule has 156 valence electrons. The predicted octanol–water partition coefficient (Wildman–Crippen LogP) is 1.76. The molecule has 0 spiro atoms. The van der Waals surface area contributed by atoms with Crippen LogP contribution in [0, 0.1) is 5.92 Å². The van der Waals surface area contributed by atoms with Crippen molar-refractivity contribution in [2.24, 2.45) is 5.92 Å². The Bertz CT molecular complexity index is 817. The summed E-state index contributed by atoms with van der Waals surface area (Å²) < 4.78 is 27.0. The van der Waals surface area contributed by atoms with E-state index in [1.54, 1.807) is 24.4 Å². The van der Waals surface area contributed by atoms with Crippen LogP contribution in [-0.2, 0) is 14.8 Å². The van der Waals surface area contributed by atoms with Crippen LogP contribution in [0.4, 0.5) is 4.79 Å². The van der Waals surface area contributed by atoms with E-state index in [4.69, 9.17) is 0 Å². The average Bonchev–Trinajstić information content (AvgIpc) is 3.25. The van der Waals surface area contributed by atoms with E-state index in [0.29, 0.717) is 42.7 Å². The molecule has 1 atom stereocenters. The van der Waals surface area contributed by atoms with Crippen LogP contribution in [0.2, 0.25) is 0 Å². The van der Waals surface area contributed by atoms with Gasteiger partial charge in [0.1, 0.15) is 9.75 Å². The first-order valence-corrected chi connectivity index (χ1v) is 11.9. The largest absolute Gasteiger partial charge is 0.326 e. The van der Waals surface area contributed by atoms with E-state index in [0.717, 1.165) is 6.42 Å². The minimum Gasteiger partial charge on any atom is -0.323 e. The van der Waals surface area contributed by atoms with Gasteiger partial charge in [-0.2, -0.15) is 4.31 Å². The Morgan fingerprint density at radius 3 is 2.46 bits per heavy atom. The molecule has 3 rings (SSSR count). The molecule has 1 aromatic rings. The minimum absolute atomic E-state index is 0.189. The second kappa shape index (κ2) is 8.10. The Labute approximate surface area is 170 Å². The van der Waals surface area contributed by atoms with Crippen LogP contribution < -0.4 is 5.32 Å². The van der Waals surface area contributed by atoms with Gasteiger partial charge < -0.3 is 5.32 Å². The molecule has 0 aliphatic carbocycles. The number of carbonyl (C=O) groups excluding carboxylic acids is 2. The van der Waals surface area contributed by atoms with E-state index in [2.05, 4.69) is 19.2 Å². The first-order chi connectivity index (χ1) is 13.1. The third-order valence-corrected chi connectivity index (χ3v) is 8.60. The van der Waals surface area contributed by atoms with Crippen molar-refractivity contribution >= 4 is 33.3 Å². The molecule has 3 amide bonds. The zero-order chi connectivity index (χ0) is 20.5. The van der Waals surface area contributed by atoms with Gasteiger partial charge in [0, 0.05) is 26.2 Å². The summed E-state index contributed by atoms with van der Waals surface area (Å²) in [4.78, 5) is 28.4. The van der Waals surface area contributed by atoms with Crippen LogP contribution in [0.3, 0.4) is 0 Å². The van der Waals surface area contributed by atoms with E-state index < -0.39 is 15.6 Å². The molecule has 2 saturated heterocycles. The molecule has 0 aromatic carbocycles. The fraction of sp³-hybridized carbons (Fsp3) is 0.667. The van der Waals surface area contributed by atoms with E-state index in [1.807, 2.05) is 4.90 Å². The highest BCUT2D eigenvalue weighted by molar-refractivity contribution is 7.91. The summed E-state index contributed by atoms with van der Waals surface area (Å²) in [6, 6.07) is 2.96. The van der Waals surface area contributed by atoms with Crippen molar-refractivity contribution in [1.82, 2.24) is 19.4 Å². The van der Waals surface area contributed by atoms with Crippen LogP contribution in [0.1, 0.15) is 33.6 Å². The molecule has 1 N–H and O–H groups in total. The quantitative estimate of drug-likeness (QED) is 0.669. The fourth-order valence-corrected chi connectivity index (χ4v) is 6.04. The lowest BCUT2D eigenvalue weighted by molar-refractivity contribution is -0.132. The smallest absolute Gasteiger partial charge is 0.323 e. The Hall–Kier alpha value is -1.49. The number of hydrogen-bond acceptors (Lipinski definition) is 6. The van der Waals surface area contributed by atoms with Gasteiger partial charge in [-0.25, -0.2) is 18.1 Å². The number of nitrogens with zero attached hydrogens (tertiary/aromatic N) is 3. The van der Waals surface area contributed by atoms with Gasteiger partial charge in [-0.15, -0.1) is 11.3 Å². The SMILES string of the molecule is CC(C)CC[C@@]1(C)NC(=O)N(CN2CCN(S(=O)(=O)c3cccs3)CC2)C1=O. The summed E-state index contributed by atoms with van der Waals surface area (Å²) in [5, 5.41) is 4.58. The van der Waals surface area contributed by atoms with Crippen molar-refractivity contribution in [3.63, 3.8) is 0 Å². The zero-order valence-corrected chi connectivity index (χ0v) is 18.2. The van der Waals surface area contributed by atoms with E-state index >= 15 is 0 Å². The molecule has 0 saturated carbocycles. The summed E-state index contributed by atoms with van der Waals surface area (Å²) in [7, 11) is -3.46. The number of piperazine rings is 1. The van der Waals surface area contributed by atoms with Crippen LogP contribution in [0.25, 0.3) is 0 Å². The molecular formula is C18H28N4O4S2. The Balaban J connectivity index is 1.57. The molecule has 0 unspecified atom stereocenters. The molecule has 2 aliphatic heterocycles. The van der Waals surface area contributed by atoms with Gasteiger partial charge in [0.05, 0.1) is 6.67 Å². The zero-order valence-electron chi connectivity index (χ0n) is 16.6. The maximum Gasteiger partial charge on any atom is 0.326 e. The molecule has 8 nitrogen and oxygen atoms in total. The third-order valence-electron chi connectivity index (χ3n) is 5.33. The normalized spacial score (nSPS) is 24.9. The average molecular weight is 429 g/mol. The van der Waals surface area contributed by atoms with Crippen molar-refractivity contribution < 1.29 is 18.0 Å². The van der Waals surface area contributed by atoms with Crippen molar-refractivity contribution in [2.45, 2.75) is 43.4 Å². The fourth-order valence-electron chi connectivity index (χ4n) is 3.47. The number of hydrogen-bond donors (Lipinski definition) is 1. The molecule has 0 bridgehead atoms. The van der Waals surface area contributed by atoms with Crippen molar-refractivity contribution in [1.29, 1.82) is 0 Å². The summed E-state index contributed by atoms with van der Waals surface area (Å²) in [5.41, 5.74) is -0.855. The van der Waals surface area contributed by atoms with Gasteiger partial charge in [-0.3, -0.25) is 9.69 Å². The maximum absolute atomic E-state index is 12.8. The first kappa shape index (κ1) is 21.2. The van der Waals surface area contributed by atoms with E-state index in [1.165, 1.54) is 20.5 Å². The van der Waals surface area contributed by atoms with Gasteiger partial charge in [0.2, 0.25) is 0 Å². The lowest BCUT2D eigenvalue weighted by atomic mass is 9.92. The monoisotopic (exact) mass is 428 g/mol. The molecule has 2 fully saturated rings. The summed E-state index contributed by atoms with van der Waals surface area (Å²) in [5.74, 6) is 0.251. The molecule has 28 heavy (non-hydrogen) atoms. The second-order valence-electron chi connectivity index (χ2n) is 8.02. The minimum atomic E-state index is -3.46. The Morgan fingerprint density at radius 1 is 1.21 bits per heavy atom. The Morgan fingerprint density at radius 2 is 1.89 bits per heavy atom. The lowest BCUT2D eigenvalue weighted by Gasteiger charge is -2.35. The summed E-state index contributed by atoms with van der Waals surface area (Å²) in [6.07, 6.45) is 1.47. The van der Waals surface area contributed by atoms with Crippen molar-refractivity contribution in [2.75, 3.05) is 32.8 Å². The van der Waals surface area contributed by atoms with E-state index in [9.17, 15) is 18.0 Å². The molecule has 0 radical (unpaired) electrons. The van der Waals surface area contributed by atoms with Gasteiger partial charge >= 0.3 is 6.03 Å². The first-order valence-electron chi connectivity index (χ1n) is 9.53. The number of urea groups is 1. The second-order valence-corrected chi connectivity index (χ2v) is 11.1. The number of imide groups is 1. The van der Waals surface area contributed by atoms with Crippen molar-refractivity contribution in [3.05, 3.63) is 17.5 Å². The molecule has 1 aromatic heterocycles. The Kier molecular flexibility index (Phi) is 6.14. The number of sulfonamides is 1.